The number of rotatable bonds is 8. The molecule has 0 saturated carbocycles. The summed E-state index contributed by atoms with van der Waals surface area (Å²) in [6.07, 6.45) is 6.63. The molecule has 0 aliphatic heterocycles. The fourth-order valence-corrected chi connectivity index (χ4v) is 2.32. The highest BCUT2D eigenvalue weighted by atomic mass is 32.1. The van der Waals surface area contributed by atoms with Crippen LogP contribution in [0.25, 0.3) is 0 Å². The van der Waals surface area contributed by atoms with Crippen molar-refractivity contribution in [1.29, 1.82) is 0 Å². The fraction of sp³-hybridized carbons (Fsp3) is 0.714. The van der Waals surface area contributed by atoms with Gasteiger partial charge in [-0.25, -0.2) is 4.98 Å². The number of carboxylic acid groups (broad SMARTS) is 1. The number of thiazole rings is 1. The van der Waals surface area contributed by atoms with Gasteiger partial charge in [0, 0.05) is 24.3 Å². The molecule has 0 fully saturated rings. The number of aromatic nitrogens is 1. The third kappa shape index (κ3) is 10.7. The first-order valence-corrected chi connectivity index (χ1v) is 7.71. The molecule has 0 saturated heterocycles. The zero-order valence-electron chi connectivity index (χ0n) is 11.9. The largest absolute Gasteiger partial charge is 0.481 e. The van der Waals surface area contributed by atoms with Crippen LogP contribution in [0.15, 0.2) is 5.51 Å². The van der Waals surface area contributed by atoms with Gasteiger partial charge in [0.1, 0.15) is 0 Å². The molecule has 0 radical (unpaired) electrons. The maximum Gasteiger partial charge on any atom is 0.303 e. The molecule has 0 aliphatic carbocycles. The number of hydrogen-bond acceptors (Lipinski definition) is 4. The first-order chi connectivity index (χ1) is 9.11. The van der Waals surface area contributed by atoms with Gasteiger partial charge >= 0.3 is 5.97 Å². The van der Waals surface area contributed by atoms with Crippen LogP contribution in [0.5, 0.6) is 0 Å². The topological polar surface area (TPSA) is 70.4 Å². The smallest absolute Gasteiger partial charge is 0.303 e. The summed E-state index contributed by atoms with van der Waals surface area (Å²) in [6, 6.07) is 0. The molecule has 5 heteroatoms. The van der Waals surface area contributed by atoms with E-state index in [1.807, 2.05) is 6.92 Å². The molecule has 19 heavy (non-hydrogen) atoms. The number of aliphatic hydroxyl groups excluding tert-OH is 1. The SMILES string of the molecule is CCCCCCCC(=O)O.Cc1ncsc1CCO. The Morgan fingerprint density at radius 3 is 2.47 bits per heavy atom. The van der Waals surface area contributed by atoms with Gasteiger partial charge in [-0.1, -0.05) is 32.6 Å². The average molecular weight is 287 g/mol. The Balaban J connectivity index is 0.000000342. The van der Waals surface area contributed by atoms with Gasteiger partial charge in [0.05, 0.1) is 11.2 Å². The van der Waals surface area contributed by atoms with Crippen molar-refractivity contribution >= 4 is 17.3 Å². The Morgan fingerprint density at radius 2 is 2.00 bits per heavy atom. The van der Waals surface area contributed by atoms with Crippen LogP contribution in [0.3, 0.4) is 0 Å². The lowest BCUT2D eigenvalue weighted by Crippen LogP contribution is -1.93. The van der Waals surface area contributed by atoms with Gasteiger partial charge in [-0.05, 0) is 13.3 Å². The summed E-state index contributed by atoms with van der Waals surface area (Å²) >= 11 is 1.60. The molecule has 0 bridgehead atoms. The minimum absolute atomic E-state index is 0.225. The highest BCUT2D eigenvalue weighted by Gasteiger charge is 1.97. The number of carbonyl (C=O) groups is 1. The standard InChI is InChI=1S/C8H16O2.C6H9NOS/c1-2-3-4-5-6-7-8(9)10;1-5-6(2-3-8)9-4-7-5/h2-7H2,1H3,(H,9,10);4,8H,2-3H2,1H3. The van der Waals surface area contributed by atoms with Crippen LogP contribution in [0, 0.1) is 6.92 Å². The molecule has 1 aromatic heterocycles. The quantitative estimate of drug-likeness (QED) is 0.719. The Kier molecular flexibility index (Phi) is 11.5. The summed E-state index contributed by atoms with van der Waals surface area (Å²) in [4.78, 5) is 15.3. The van der Waals surface area contributed by atoms with Gasteiger partial charge in [-0.2, -0.15) is 0 Å². The molecule has 0 amide bonds. The summed E-state index contributed by atoms with van der Waals surface area (Å²) in [6.45, 7) is 4.34. The van der Waals surface area contributed by atoms with Crippen molar-refractivity contribution in [2.75, 3.05) is 6.61 Å². The van der Waals surface area contributed by atoms with E-state index in [0.29, 0.717) is 6.42 Å². The van der Waals surface area contributed by atoms with Crippen LogP contribution in [0.1, 0.15) is 56.0 Å². The minimum atomic E-state index is -0.670. The highest BCUT2D eigenvalue weighted by Crippen LogP contribution is 2.11. The predicted molar refractivity (Wildman–Crippen MR) is 78.7 cm³/mol. The van der Waals surface area contributed by atoms with E-state index in [2.05, 4.69) is 11.9 Å². The van der Waals surface area contributed by atoms with E-state index in [0.717, 1.165) is 25.0 Å². The second-order valence-electron chi connectivity index (χ2n) is 4.39. The minimum Gasteiger partial charge on any atom is -0.481 e. The molecule has 0 spiro atoms. The molecule has 0 atom stereocenters. The first kappa shape index (κ1) is 18.1. The predicted octanol–water partition coefficient (Wildman–Crippen LogP) is 3.42. The van der Waals surface area contributed by atoms with Gasteiger partial charge in [-0.15, -0.1) is 11.3 Å². The molecule has 0 aromatic carbocycles. The highest BCUT2D eigenvalue weighted by molar-refractivity contribution is 7.09. The maximum atomic E-state index is 10.0. The number of unbranched alkanes of at least 4 members (excludes halogenated alkanes) is 4. The molecule has 0 aliphatic rings. The van der Waals surface area contributed by atoms with Gasteiger partial charge < -0.3 is 10.2 Å². The van der Waals surface area contributed by atoms with Crippen LogP contribution in [-0.4, -0.2) is 27.8 Å². The van der Waals surface area contributed by atoms with Crippen molar-refractivity contribution < 1.29 is 15.0 Å². The summed E-state index contributed by atoms with van der Waals surface area (Å²) < 4.78 is 0. The van der Waals surface area contributed by atoms with E-state index in [9.17, 15) is 4.79 Å². The van der Waals surface area contributed by atoms with Crippen LogP contribution in [0.4, 0.5) is 0 Å². The van der Waals surface area contributed by atoms with Crippen molar-refractivity contribution in [3.8, 4) is 0 Å². The number of nitrogens with zero attached hydrogens (tertiary/aromatic N) is 1. The molecule has 1 rings (SSSR count). The van der Waals surface area contributed by atoms with Gasteiger partial charge in [0.25, 0.3) is 0 Å². The van der Waals surface area contributed by atoms with E-state index in [4.69, 9.17) is 10.2 Å². The van der Waals surface area contributed by atoms with Gasteiger partial charge in [-0.3, -0.25) is 4.79 Å². The number of carboxylic acids is 1. The van der Waals surface area contributed by atoms with Gasteiger partial charge in [0.2, 0.25) is 0 Å². The first-order valence-electron chi connectivity index (χ1n) is 6.83. The molecular formula is C14H25NO3S. The van der Waals surface area contributed by atoms with E-state index in [-0.39, 0.29) is 6.61 Å². The normalized spacial score (nSPS) is 9.84. The van der Waals surface area contributed by atoms with E-state index >= 15 is 0 Å². The Bertz CT molecular complexity index is 339. The lowest BCUT2D eigenvalue weighted by Gasteiger charge is -1.95. The van der Waals surface area contributed by atoms with Crippen molar-refractivity contribution in [2.45, 2.75) is 58.8 Å². The molecule has 2 N–H and O–H groups in total. The summed E-state index contributed by atoms with van der Waals surface area (Å²) in [5, 5.41) is 16.8. The lowest BCUT2D eigenvalue weighted by atomic mass is 10.1. The molecule has 1 heterocycles. The second-order valence-corrected chi connectivity index (χ2v) is 5.33. The molecule has 0 unspecified atom stereocenters. The van der Waals surface area contributed by atoms with Crippen LogP contribution >= 0.6 is 11.3 Å². The molecule has 4 nitrogen and oxygen atoms in total. The molecular weight excluding hydrogens is 262 g/mol. The van der Waals surface area contributed by atoms with E-state index < -0.39 is 5.97 Å². The monoisotopic (exact) mass is 287 g/mol. The third-order valence-electron chi connectivity index (χ3n) is 2.68. The van der Waals surface area contributed by atoms with E-state index in [1.165, 1.54) is 24.1 Å². The zero-order chi connectivity index (χ0) is 14.5. The molecule has 110 valence electrons. The molecule has 1 aromatic rings. The number of aliphatic hydroxyl groups is 1. The Morgan fingerprint density at radius 1 is 1.32 bits per heavy atom. The van der Waals surface area contributed by atoms with E-state index in [1.54, 1.807) is 16.8 Å². The Hall–Kier alpha value is -0.940. The zero-order valence-corrected chi connectivity index (χ0v) is 12.7. The fourth-order valence-electron chi connectivity index (χ4n) is 1.55. The number of hydrogen-bond donors (Lipinski definition) is 2. The lowest BCUT2D eigenvalue weighted by molar-refractivity contribution is -0.137. The van der Waals surface area contributed by atoms with Gasteiger partial charge in [0.15, 0.2) is 0 Å². The Labute approximate surface area is 119 Å². The van der Waals surface area contributed by atoms with Crippen molar-refractivity contribution in [3.63, 3.8) is 0 Å². The number of aryl methyl sites for hydroxylation is 1. The van der Waals surface area contributed by atoms with Crippen molar-refractivity contribution in [2.24, 2.45) is 0 Å². The maximum absolute atomic E-state index is 10.0. The second kappa shape index (κ2) is 12.1. The van der Waals surface area contributed by atoms with Crippen molar-refractivity contribution in [3.05, 3.63) is 16.1 Å². The summed E-state index contributed by atoms with van der Waals surface area (Å²) in [7, 11) is 0. The summed E-state index contributed by atoms with van der Waals surface area (Å²) in [5.74, 6) is -0.670. The van der Waals surface area contributed by atoms with Crippen molar-refractivity contribution in [1.82, 2.24) is 4.98 Å². The average Bonchev–Trinajstić information content (AvgIpc) is 2.76. The summed E-state index contributed by atoms with van der Waals surface area (Å²) in [5.41, 5.74) is 2.86. The van der Waals surface area contributed by atoms with Crippen LogP contribution in [0.2, 0.25) is 0 Å². The number of aliphatic carboxylic acids is 1. The third-order valence-corrected chi connectivity index (χ3v) is 3.67. The van der Waals surface area contributed by atoms with Crippen LogP contribution in [-0.2, 0) is 11.2 Å². The van der Waals surface area contributed by atoms with Crippen LogP contribution < -0.4 is 0 Å².